The van der Waals surface area contributed by atoms with Gasteiger partial charge in [-0.3, -0.25) is 0 Å². The molecule has 0 atom stereocenters. The van der Waals surface area contributed by atoms with Crippen LogP contribution in [0.2, 0.25) is 5.02 Å². The number of urea groups is 1. The van der Waals surface area contributed by atoms with E-state index in [1.54, 1.807) is 35.4 Å². The minimum Gasteiger partial charge on any atom is -0.332 e. The Balaban J connectivity index is 1.67. The Morgan fingerprint density at radius 1 is 1.26 bits per heavy atom. The monoisotopic (exact) mass is 276 g/mol. The normalized spacial score (nSPS) is 14.1. The van der Waals surface area contributed by atoms with E-state index in [9.17, 15) is 4.79 Å². The summed E-state index contributed by atoms with van der Waals surface area (Å²) >= 11 is 5.81. The molecular formula is C13H13ClN4O. The molecule has 1 aromatic carbocycles. The Kier molecular flexibility index (Phi) is 3.13. The van der Waals surface area contributed by atoms with E-state index in [4.69, 9.17) is 11.6 Å². The molecule has 1 aromatic heterocycles. The third-order valence-electron chi connectivity index (χ3n) is 3.13. The Hall–Kier alpha value is -2.01. The maximum atomic E-state index is 12.1. The van der Waals surface area contributed by atoms with E-state index < -0.39 is 0 Å². The molecule has 0 fully saturated rings. The molecule has 1 N–H and O–H groups in total. The largest absolute Gasteiger partial charge is 0.332 e. The van der Waals surface area contributed by atoms with Crippen molar-refractivity contribution in [3.8, 4) is 0 Å². The molecule has 1 aliphatic heterocycles. The van der Waals surface area contributed by atoms with Gasteiger partial charge in [0.25, 0.3) is 0 Å². The first kappa shape index (κ1) is 12.0. The molecule has 3 rings (SSSR count). The van der Waals surface area contributed by atoms with Gasteiger partial charge in [-0.05, 0) is 24.3 Å². The van der Waals surface area contributed by atoms with Crippen LogP contribution in [0.5, 0.6) is 0 Å². The van der Waals surface area contributed by atoms with Crippen LogP contribution in [0.1, 0.15) is 5.82 Å². The second kappa shape index (κ2) is 4.93. The van der Waals surface area contributed by atoms with Crippen LogP contribution < -0.4 is 5.32 Å². The number of imidazole rings is 1. The van der Waals surface area contributed by atoms with Gasteiger partial charge in [0.05, 0.1) is 6.54 Å². The number of benzene rings is 1. The number of aromatic nitrogens is 2. The molecule has 2 amide bonds. The van der Waals surface area contributed by atoms with Crippen LogP contribution in [-0.4, -0.2) is 27.0 Å². The summed E-state index contributed by atoms with van der Waals surface area (Å²) in [6, 6.07) is 6.95. The summed E-state index contributed by atoms with van der Waals surface area (Å²) < 4.78 is 2.06. The van der Waals surface area contributed by atoms with Crippen LogP contribution in [0.4, 0.5) is 10.5 Å². The zero-order valence-electron chi connectivity index (χ0n) is 10.2. The average molecular weight is 277 g/mol. The molecule has 2 heterocycles. The number of fused-ring (bicyclic) bond motifs is 1. The quantitative estimate of drug-likeness (QED) is 0.870. The molecule has 0 spiro atoms. The summed E-state index contributed by atoms with van der Waals surface area (Å²) in [6.45, 7) is 2.00. The zero-order valence-corrected chi connectivity index (χ0v) is 11.0. The SMILES string of the molecule is O=C(Nc1ccc(Cl)cc1)N1CCn2ccnc2C1. The van der Waals surface area contributed by atoms with Crippen molar-refractivity contribution in [3.63, 3.8) is 0 Å². The number of carbonyl (C=O) groups is 1. The van der Waals surface area contributed by atoms with Crippen LogP contribution in [-0.2, 0) is 13.1 Å². The van der Waals surface area contributed by atoms with Crippen molar-refractivity contribution in [2.45, 2.75) is 13.1 Å². The number of nitrogens with zero attached hydrogens (tertiary/aromatic N) is 3. The second-order valence-corrected chi connectivity index (χ2v) is 4.83. The molecule has 0 saturated carbocycles. The molecule has 98 valence electrons. The van der Waals surface area contributed by atoms with E-state index in [0.717, 1.165) is 18.1 Å². The van der Waals surface area contributed by atoms with Crippen LogP contribution >= 0.6 is 11.6 Å². The Bertz CT molecular complexity index is 593. The number of nitrogens with one attached hydrogen (secondary N) is 1. The lowest BCUT2D eigenvalue weighted by Crippen LogP contribution is -2.40. The van der Waals surface area contributed by atoms with Crippen molar-refractivity contribution < 1.29 is 4.79 Å². The van der Waals surface area contributed by atoms with Crippen molar-refractivity contribution in [1.29, 1.82) is 0 Å². The van der Waals surface area contributed by atoms with E-state index in [1.807, 2.05) is 6.20 Å². The van der Waals surface area contributed by atoms with Gasteiger partial charge < -0.3 is 14.8 Å². The summed E-state index contributed by atoms with van der Waals surface area (Å²) in [5, 5.41) is 3.50. The van der Waals surface area contributed by atoms with Gasteiger partial charge in [-0.25, -0.2) is 9.78 Å². The van der Waals surface area contributed by atoms with Gasteiger partial charge in [-0.15, -0.1) is 0 Å². The van der Waals surface area contributed by atoms with Crippen LogP contribution in [0.25, 0.3) is 0 Å². The highest BCUT2D eigenvalue weighted by molar-refractivity contribution is 6.30. The van der Waals surface area contributed by atoms with E-state index in [0.29, 0.717) is 18.1 Å². The third kappa shape index (κ3) is 2.56. The average Bonchev–Trinajstić information content (AvgIpc) is 2.88. The molecule has 0 unspecified atom stereocenters. The van der Waals surface area contributed by atoms with Crippen molar-refractivity contribution >= 4 is 23.3 Å². The molecular weight excluding hydrogens is 264 g/mol. The van der Waals surface area contributed by atoms with Crippen LogP contribution in [0.15, 0.2) is 36.7 Å². The molecule has 0 radical (unpaired) electrons. The third-order valence-corrected chi connectivity index (χ3v) is 3.38. The van der Waals surface area contributed by atoms with Gasteiger partial charge in [-0.1, -0.05) is 11.6 Å². The molecule has 2 aromatic rings. The van der Waals surface area contributed by atoms with Crippen molar-refractivity contribution in [2.24, 2.45) is 0 Å². The fourth-order valence-corrected chi connectivity index (χ4v) is 2.21. The second-order valence-electron chi connectivity index (χ2n) is 4.40. The van der Waals surface area contributed by atoms with Crippen molar-refractivity contribution in [2.75, 3.05) is 11.9 Å². The first-order valence-corrected chi connectivity index (χ1v) is 6.42. The van der Waals surface area contributed by atoms with E-state index >= 15 is 0 Å². The predicted molar refractivity (Wildman–Crippen MR) is 73.1 cm³/mol. The molecule has 0 bridgehead atoms. The van der Waals surface area contributed by atoms with Crippen LogP contribution in [0, 0.1) is 0 Å². The van der Waals surface area contributed by atoms with E-state index in [2.05, 4.69) is 14.9 Å². The molecule has 19 heavy (non-hydrogen) atoms. The number of hydrogen-bond donors (Lipinski definition) is 1. The summed E-state index contributed by atoms with van der Waals surface area (Å²) in [4.78, 5) is 18.1. The van der Waals surface area contributed by atoms with E-state index in [-0.39, 0.29) is 6.03 Å². The number of halogens is 1. The lowest BCUT2D eigenvalue weighted by molar-refractivity contribution is 0.195. The zero-order chi connectivity index (χ0) is 13.2. The van der Waals surface area contributed by atoms with Gasteiger partial charge in [0.2, 0.25) is 0 Å². The fourth-order valence-electron chi connectivity index (χ4n) is 2.08. The fraction of sp³-hybridized carbons (Fsp3) is 0.231. The first-order chi connectivity index (χ1) is 9.22. The molecule has 1 aliphatic rings. The number of carbonyl (C=O) groups excluding carboxylic acids is 1. The van der Waals surface area contributed by atoms with E-state index in [1.165, 1.54) is 0 Å². The highest BCUT2D eigenvalue weighted by Gasteiger charge is 2.20. The Morgan fingerprint density at radius 3 is 2.84 bits per heavy atom. The van der Waals surface area contributed by atoms with Gasteiger partial charge in [0, 0.05) is 36.2 Å². The smallest absolute Gasteiger partial charge is 0.322 e. The van der Waals surface area contributed by atoms with Gasteiger partial charge >= 0.3 is 6.03 Å². The lowest BCUT2D eigenvalue weighted by atomic mass is 10.3. The molecule has 0 aliphatic carbocycles. The lowest BCUT2D eigenvalue weighted by Gasteiger charge is -2.27. The topological polar surface area (TPSA) is 50.2 Å². The summed E-state index contributed by atoms with van der Waals surface area (Å²) in [5.74, 6) is 0.914. The number of hydrogen-bond acceptors (Lipinski definition) is 2. The van der Waals surface area contributed by atoms with Crippen LogP contribution in [0.3, 0.4) is 0 Å². The first-order valence-electron chi connectivity index (χ1n) is 6.04. The van der Waals surface area contributed by atoms with Gasteiger partial charge in [0.1, 0.15) is 5.82 Å². The predicted octanol–water partition coefficient (Wildman–Crippen LogP) is 2.58. The molecule has 6 heteroatoms. The van der Waals surface area contributed by atoms with Crippen molar-refractivity contribution in [1.82, 2.24) is 14.5 Å². The highest BCUT2D eigenvalue weighted by Crippen LogP contribution is 2.15. The maximum Gasteiger partial charge on any atom is 0.322 e. The summed E-state index contributed by atoms with van der Waals surface area (Å²) in [6.07, 6.45) is 3.69. The number of amides is 2. The molecule has 5 nitrogen and oxygen atoms in total. The summed E-state index contributed by atoms with van der Waals surface area (Å²) in [7, 11) is 0. The minimum absolute atomic E-state index is 0.114. The standard InChI is InChI=1S/C13H13ClN4O/c14-10-1-3-11(4-2-10)16-13(19)18-8-7-17-6-5-15-12(17)9-18/h1-6H,7-9H2,(H,16,19). The number of anilines is 1. The van der Waals surface area contributed by atoms with Crippen molar-refractivity contribution in [3.05, 3.63) is 47.5 Å². The Labute approximate surface area is 115 Å². The number of rotatable bonds is 1. The minimum atomic E-state index is -0.114. The highest BCUT2D eigenvalue weighted by atomic mass is 35.5. The van der Waals surface area contributed by atoms with Gasteiger partial charge in [0.15, 0.2) is 0 Å². The summed E-state index contributed by atoms with van der Waals surface area (Å²) in [5.41, 5.74) is 0.739. The Morgan fingerprint density at radius 2 is 2.05 bits per heavy atom. The van der Waals surface area contributed by atoms with Gasteiger partial charge in [-0.2, -0.15) is 0 Å². The maximum absolute atomic E-state index is 12.1. The molecule has 0 saturated heterocycles.